The molecule has 44 heavy (non-hydrogen) atoms. The summed E-state index contributed by atoms with van der Waals surface area (Å²) >= 11 is 0. The van der Waals surface area contributed by atoms with E-state index in [1.54, 1.807) is 18.2 Å². The Labute approximate surface area is 258 Å². The number of anilines is 1. The van der Waals surface area contributed by atoms with Crippen molar-refractivity contribution in [2.45, 2.75) is 76.8 Å². The van der Waals surface area contributed by atoms with Crippen LogP contribution in [0.25, 0.3) is 11.3 Å². The lowest BCUT2D eigenvalue weighted by Crippen LogP contribution is -2.60. The molecule has 2 N–H and O–H groups in total. The lowest BCUT2D eigenvalue weighted by atomic mass is 9.59. The Morgan fingerprint density at radius 3 is 2.48 bits per heavy atom. The van der Waals surface area contributed by atoms with Crippen molar-refractivity contribution in [3.63, 3.8) is 0 Å². The summed E-state index contributed by atoms with van der Waals surface area (Å²) in [6.07, 6.45) is 3.45. The summed E-state index contributed by atoms with van der Waals surface area (Å²) in [7, 11) is -4.14. The van der Waals surface area contributed by atoms with Crippen LogP contribution in [0, 0.1) is 25.2 Å². The number of carbonyl (C=O) groups is 2. The van der Waals surface area contributed by atoms with Crippen molar-refractivity contribution in [2.24, 2.45) is 11.3 Å². The molecule has 2 fully saturated rings. The van der Waals surface area contributed by atoms with Gasteiger partial charge >= 0.3 is 0 Å². The van der Waals surface area contributed by atoms with Crippen molar-refractivity contribution in [2.75, 3.05) is 17.9 Å². The number of ether oxygens (including phenoxy) is 1. The zero-order valence-corrected chi connectivity index (χ0v) is 26.4. The van der Waals surface area contributed by atoms with E-state index in [1.807, 2.05) is 36.9 Å². The quantitative estimate of drug-likeness (QED) is 0.427. The number of amides is 2. The molecule has 1 saturated heterocycles. The van der Waals surface area contributed by atoms with Gasteiger partial charge in [-0.1, -0.05) is 38.1 Å². The highest BCUT2D eigenvalue weighted by molar-refractivity contribution is 7.92. The number of rotatable bonds is 4. The number of piperidine rings is 1. The van der Waals surface area contributed by atoms with E-state index in [0.717, 1.165) is 23.1 Å². The Morgan fingerprint density at radius 1 is 1.05 bits per heavy atom. The molecule has 3 heterocycles. The second-order valence-electron chi connectivity index (χ2n) is 13.0. The van der Waals surface area contributed by atoms with Crippen LogP contribution in [0.1, 0.15) is 67.4 Å². The van der Waals surface area contributed by atoms with Crippen molar-refractivity contribution in [1.82, 2.24) is 20.2 Å². The molecule has 10 nitrogen and oxygen atoms in total. The highest BCUT2D eigenvalue weighted by atomic mass is 32.2. The summed E-state index contributed by atoms with van der Waals surface area (Å²) in [6, 6.07) is 13.4. The van der Waals surface area contributed by atoms with Gasteiger partial charge in [-0.15, -0.1) is 0 Å². The SMILES string of the molecule is Cc1cccc(C)c1-c1cc2nc(n1)NS(=O)(=O)c1cccc(c1)C(=O)N(C1CC3(CCNC(=O)C3)C1)[C@H](CC(C)C)CO2. The van der Waals surface area contributed by atoms with E-state index in [2.05, 4.69) is 33.9 Å². The molecule has 6 rings (SSSR count). The van der Waals surface area contributed by atoms with Crippen molar-refractivity contribution in [1.29, 1.82) is 0 Å². The molecule has 1 atom stereocenters. The van der Waals surface area contributed by atoms with E-state index >= 15 is 0 Å². The monoisotopic (exact) mass is 617 g/mol. The van der Waals surface area contributed by atoms with Crippen LogP contribution in [-0.4, -0.2) is 60.3 Å². The third kappa shape index (κ3) is 5.89. The molecule has 0 unspecified atom stereocenters. The molecule has 3 aromatic rings. The maximum atomic E-state index is 14.3. The fraction of sp³-hybridized carbons (Fsp3) is 0.455. The third-order valence-electron chi connectivity index (χ3n) is 9.10. The fourth-order valence-electron chi connectivity index (χ4n) is 7.08. The van der Waals surface area contributed by atoms with E-state index in [4.69, 9.17) is 4.74 Å². The Balaban J connectivity index is 1.45. The van der Waals surface area contributed by atoms with Gasteiger partial charge in [-0.2, -0.15) is 4.98 Å². The largest absolute Gasteiger partial charge is 0.475 e. The zero-order chi connectivity index (χ0) is 31.2. The number of aryl methyl sites for hydroxylation is 2. The predicted octanol–water partition coefficient (Wildman–Crippen LogP) is 4.87. The van der Waals surface area contributed by atoms with Crippen LogP contribution in [0.2, 0.25) is 0 Å². The first-order valence-electron chi connectivity index (χ1n) is 15.2. The van der Waals surface area contributed by atoms with E-state index in [9.17, 15) is 18.0 Å². The van der Waals surface area contributed by atoms with Gasteiger partial charge < -0.3 is 15.0 Å². The van der Waals surface area contributed by atoms with Gasteiger partial charge in [0, 0.05) is 36.2 Å². The minimum Gasteiger partial charge on any atom is -0.475 e. The maximum Gasteiger partial charge on any atom is 0.264 e. The van der Waals surface area contributed by atoms with E-state index in [-0.39, 0.29) is 64.1 Å². The van der Waals surface area contributed by atoms with Crippen molar-refractivity contribution < 1.29 is 22.7 Å². The molecule has 1 aliphatic carbocycles. The maximum absolute atomic E-state index is 14.3. The minimum atomic E-state index is -4.14. The molecule has 1 aromatic heterocycles. The van der Waals surface area contributed by atoms with Gasteiger partial charge in [0.2, 0.25) is 17.7 Å². The molecule has 2 amide bonds. The van der Waals surface area contributed by atoms with Gasteiger partial charge in [0.1, 0.15) is 6.61 Å². The van der Waals surface area contributed by atoms with Crippen molar-refractivity contribution in [3.05, 3.63) is 65.2 Å². The molecule has 3 aliphatic rings. The second kappa shape index (κ2) is 11.5. The van der Waals surface area contributed by atoms with Crippen molar-refractivity contribution in [3.8, 4) is 17.1 Å². The Hall–Kier alpha value is -3.99. The molecule has 1 spiro atoms. The second-order valence-corrected chi connectivity index (χ2v) is 14.6. The lowest BCUT2D eigenvalue weighted by Gasteiger charge is -2.55. The molecule has 232 valence electrons. The predicted molar refractivity (Wildman–Crippen MR) is 167 cm³/mol. The first-order chi connectivity index (χ1) is 20.9. The van der Waals surface area contributed by atoms with Crippen LogP contribution in [0.4, 0.5) is 5.95 Å². The summed E-state index contributed by atoms with van der Waals surface area (Å²) in [5.74, 6) is 0.173. The van der Waals surface area contributed by atoms with Gasteiger partial charge in [0.25, 0.3) is 15.9 Å². The highest BCUT2D eigenvalue weighted by Crippen LogP contribution is 2.51. The van der Waals surface area contributed by atoms with Gasteiger partial charge in [-0.25, -0.2) is 18.1 Å². The van der Waals surface area contributed by atoms with Gasteiger partial charge in [0.05, 0.1) is 16.6 Å². The molecular weight excluding hydrogens is 578 g/mol. The van der Waals surface area contributed by atoms with Gasteiger partial charge in [-0.3, -0.25) is 9.59 Å². The van der Waals surface area contributed by atoms with Crippen LogP contribution in [-0.2, 0) is 14.8 Å². The summed E-state index contributed by atoms with van der Waals surface area (Å²) in [5.41, 5.74) is 3.55. The summed E-state index contributed by atoms with van der Waals surface area (Å²) in [4.78, 5) is 37.5. The molecule has 1 saturated carbocycles. The minimum absolute atomic E-state index is 0.0534. The fourth-order valence-corrected chi connectivity index (χ4v) is 8.07. The van der Waals surface area contributed by atoms with Crippen LogP contribution >= 0.6 is 0 Å². The third-order valence-corrected chi connectivity index (χ3v) is 10.4. The van der Waals surface area contributed by atoms with Crippen LogP contribution in [0.3, 0.4) is 0 Å². The lowest BCUT2D eigenvalue weighted by molar-refractivity contribution is -0.130. The average Bonchev–Trinajstić information content (AvgIpc) is 2.94. The van der Waals surface area contributed by atoms with E-state index in [0.29, 0.717) is 37.9 Å². The molecule has 2 aliphatic heterocycles. The van der Waals surface area contributed by atoms with Crippen molar-refractivity contribution >= 4 is 27.8 Å². The first kappa shape index (κ1) is 30.1. The number of hydrogen-bond acceptors (Lipinski definition) is 7. The van der Waals surface area contributed by atoms with Gasteiger partial charge in [0.15, 0.2) is 0 Å². The normalized spacial score (nSPS) is 24.7. The Kier molecular flexibility index (Phi) is 7.85. The molecule has 2 aromatic carbocycles. The number of nitrogens with zero attached hydrogens (tertiary/aromatic N) is 3. The molecular formula is C33H39N5O5S. The Bertz CT molecular complexity index is 1700. The van der Waals surface area contributed by atoms with Gasteiger partial charge in [-0.05, 0) is 80.2 Å². The average molecular weight is 618 g/mol. The van der Waals surface area contributed by atoms with Crippen LogP contribution in [0.5, 0.6) is 5.88 Å². The topological polar surface area (TPSA) is 131 Å². The number of aromatic nitrogens is 2. The number of nitrogens with one attached hydrogen (secondary N) is 2. The standard InChI is InChI=1S/C33H39N5O5S/c1-20(2)13-24-19-43-29-15-27(30-21(3)7-5-8-22(30)4)35-32(36-29)37-44(41,42)26-10-6-9-23(14-26)31(40)38(24)25-16-33(17-25)11-12-34-28(39)18-33/h5-10,14-15,20,24-25H,11-13,16-19H2,1-4H3,(H,34,39)(H,35,36,37)/t24-,25?,33?/m1/s1. The number of benzene rings is 2. The zero-order valence-electron chi connectivity index (χ0n) is 25.6. The molecule has 4 bridgehead atoms. The van der Waals surface area contributed by atoms with Crippen LogP contribution in [0.15, 0.2) is 53.4 Å². The van der Waals surface area contributed by atoms with E-state index in [1.165, 1.54) is 12.1 Å². The summed E-state index contributed by atoms with van der Waals surface area (Å²) in [5, 5.41) is 2.92. The molecule has 0 radical (unpaired) electrons. The number of fused-ring (bicyclic) bond motifs is 4. The summed E-state index contributed by atoms with van der Waals surface area (Å²) in [6.45, 7) is 8.98. The number of carbonyl (C=O) groups excluding carboxylic acids is 2. The number of hydrogen-bond donors (Lipinski definition) is 2. The highest BCUT2D eigenvalue weighted by Gasteiger charge is 2.51. The summed E-state index contributed by atoms with van der Waals surface area (Å²) < 4.78 is 36.1. The Morgan fingerprint density at radius 2 is 1.77 bits per heavy atom. The van der Waals surface area contributed by atoms with E-state index < -0.39 is 10.0 Å². The number of sulfonamides is 1. The molecule has 11 heteroatoms. The first-order valence-corrected chi connectivity index (χ1v) is 16.7. The van der Waals surface area contributed by atoms with Crippen LogP contribution < -0.4 is 14.8 Å². The smallest absolute Gasteiger partial charge is 0.264 e.